The maximum Gasteiger partial charge on any atom is 0.338 e. The van der Waals surface area contributed by atoms with E-state index < -0.39 is 0 Å². The lowest BCUT2D eigenvalue weighted by Crippen LogP contribution is -2.08. The van der Waals surface area contributed by atoms with E-state index in [1.807, 2.05) is 12.1 Å². The molecule has 4 heteroatoms. The zero-order chi connectivity index (χ0) is 15.5. The third-order valence-electron chi connectivity index (χ3n) is 4.02. The van der Waals surface area contributed by atoms with Crippen LogP contribution in [0.2, 0.25) is 0 Å². The van der Waals surface area contributed by atoms with Gasteiger partial charge in [-0.05, 0) is 38.0 Å². The Labute approximate surface area is 130 Å². The molecule has 4 nitrogen and oxygen atoms in total. The molecule has 0 bridgehead atoms. The van der Waals surface area contributed by atoms with Gasteiger partial charge in [0, 0.05) is 24.7 Å². The van der Waals surface area contributed by atoms with Crippen LogP contribution < -0.4 is 0 Å². The van der Waals surface area contributed by atoms with Crippen molar-refractivity contribution in [2.45, 2.75) is 32.3 Å². The van der Waals surface area contributed by atoms with Gasteiger partial charge < -0.3 is 13.9 Å². The van der Waals surface area contributed by atoms with Gasteiger partial charge in [-0.1, -0.05) is 12.1 Å². The molecule has 116 valence electrons. The molecule has 1 aromatic carbocycles. The predicted molar refractivity (Wildman–Crippen MR) is 82.8 cm³/mol. The fourth-order valence-corrected chi connectivity index (χ4v) is 2.89. The zero-order valence-electron chi connectivity index (χ0n) is 12.9. The molecule has 2 aromatic rings. The van der Waals surface area contributed by atoms with Gasteiger partial charge in [-0.15, -0.1) is 0 Å². The highest BCUT2D eigenvalue weighted by Crippen LogP contribution is 2.37. The number of furan rings is 1. The van der Waals surface area contributed by atoms with Crippen molar-refractivity contribution in [2.75, 3.05) is 13.7 Å². The summed E-state index contributed by atoms with van der Waals surface area (Å²) in [7, 11) is 1.74. The van der Waals surface area contributed by atoms with Crippen molar-refractivity contribution >= 4 is 5.97 Å². The van der Waals surface area contributed by atoms with E-state index in [1.165, 1.54) is 0 Å². The van der Waals surface area contributed by atoms with Gasteiger partial charge in [-0.3, -0.25) is 0 Å². The normalized spacial score (nSPS) is 17.1. The number of hydrogen-bond donors (Lipinski definition) is 0. The Morgan fingerprint density at radius 1 is 1.32 bits per heavy atom. The summed E-state index contributed by atoms with van der Waals surface area (Å²) in [6.45, 7) is 2.18. The molecule has 22 heavy (non-hydrogen) atoms. The summed E-state index contributed by atoms with van der Waals surface area (Å²) < 4.78 is 16.5. The molecule has 1 aliphatic rings. The SMILES string of the molecule is CCOC(=O)c1ccc(-c2cc3c(o2)CCCC3OC)cc1. The molecule has 3 rings (SSSR count). The van der Waals surface area contributed by atoms with Gasteiger partial charge in [-0.2, -0.15) is 0 Å². The average molecular weight is 300 g/mol. The molecular formula is C18H20O4. The van der Waals surface area contributed by atoms with Crippen molar-refractivity contribution in [2.24, 2.45) is 0 Å². The highest BCUT2D eigenvalue weighted by molar-refractivity contribution is 5.89. The first-order chi connectivity index (χ1) is 10.7. The summed E-state index contributed by atoms with van der Waals surface area (Å²) in [4.78, 5) is 11.7. The minimum Gasteiger partial charge on any atom is -0.462 e. The van der Waals surface area contributed by atoms with Gasteiger partial charge in [0.05, 0.1) is 18.3 Å². The van der Waals surface area contributed by atoms with E-state index in [2.05, 4.69) is 6.07 Å². The number of rotatable bonds is 4. The second-order valence-electron chi connectivity index (χ2n) is 5.40. The Balaban J connectivity index is 1.86. The molecule has 0 N–H and O–H groups in total. The molecular weight excluding hydrogens is 280 g/mol. The standard InChI is InChI=1S/C18H20O4/c1-3-21-18(19)13-9-7-12(8-10-13)17-11-14-15(20-2)5-4-6-16(14)22-17/h7-11,15H,3-6H2,1-2H3. The second kappa shape index (κ2) is 6.36. The second-order valence-corrected chi connectivity index (χ2v) is 5.40. The lowest BCUT2D eigenvalue weighted by atomic mass is 9.95. The summed E-state index contributed by atoms with van der Waals surface area (Å²) >= 11 is 0. The number of aryl methyl sites for hydroxylation is 1. The third-order valence-corrected chi connectivity index (χ3v) is 4.02. The highest BCUT2D eigenvalue weighted by atomic mass is 16.5. The number of hydrogen-bond acceptors (Lipinski definition) is 4. The summed E-state index contributed by atoms with van der Waals surface area (Å²) in [5.74, 6) is 1.54. The predicted octanol–water partition coefficient (Wildman–Crippen LogP) is 4.15. The van der Waals surface area contributed by atoms with Crippen molar-refractivity contribution in [3.05, 3.63) is 47.2 Å². The minimum absolute atomic E-state index is 0.125. The Morgan fingerprint density at radius 3 is 2.77 bits per heavy atom. The van der Waals surface area contributed by atoms with Crippen LogP contribution in [0.3, 0.4) is 0 Å². The van der Waals surface area contributed by atoms with Crippen LogP contribution in [-0.2, 0) is 15.9 Å². The molecule has 0 spiro atoms. The fourth-order valence-electron chi connectivity index (χ4n) is 2.89. The maximum absolute atomic E-state index is 11.7. The number of esters is 1. The lowest BCUT2D eigenvalue weighted by molar-refractivity contribution is 0.0526. The fraction of sp³-hybridized carbons (Fsp3) is 0.389. The van der Waals surface area contributed by atoms with Crippen molar-refractivity contribution in [3.8, 4) is 11.3 Å². The van der Waals surface area contributed by atoms with Crippen LogP contribution in [-0.4, -0.2) is 19.7 Å². The number of benzene rings is 1. The molecule has 0 amide bonds. The average Bonchev–Trinajstić information content (AvgIpc) is 2.99. The van der Waals surface area contributed by atoms with Gasteiger partial charge in [0.1, 0.15) is 11.5 Å². The molecule has 1 aromatic heterocycles. The number of fused-ring (bicyclic) bond motifs is 1. The van der Waals surface area contributed by atoms with Crippen molar-refractivity contribution in [3.63, 3.8) is 0 Å². The highest BCUT2D eigenvalue weighted by Gasteiger charge is 2.24. The molecule has 0 fully saturated rings. The van der Waals surface area contributed by atoms with Crippen molar-refractivity contribution in [1.29, 1.82) is 0 Å². The Kier molecular flexibility index (Phi) is 4.29. The first-order valence-corrected chi connectivity index (χ1v) is 7.66. The van der Waals surface area contributed by atoms with Crippen LogP contribution in [0.5, 0.6) is 0 Å². The topological polar surface area (TPSA) is 48.7 Å². The van der Waals surface area contributed by atoms with E-state index in [1.54, 1.807) is 26.2 Å². The molecule has 1 unspecified atom stereocenters. The summed E-state index contributed by atoms with van der Waals surface area (Å²) in [6, 6.07) is 9.37. The first kappa shape index (κ1) is 14.9. The van der Waals surface area contributed by atoms with Crippen LogP contribution in [0, 0.1) is 0 Å². The van der Waals surface area contributed by atoms with E-state index in [4.69, 9.17) is 13.9 Å². The first-order valence-electron chi connectivity index (χ1n) is 7.66. The summed E-state index contributed by atoms with van der Waals surface area (Å²) in [6.07, 6.45) is 3.20. The van der Waals surface area contributed by atoms with Gasteiger partial charge in [0.25, 0.3) is 0 Å². The van der Waals surface area contributed by atoms with E-state index >= 15 is 0 Å². The van der Waals surface area contributed by atoms with E-state index in [0.717, 1.165) is 41.9 Å². The van der Waals surface area contributed by atoms with Gasteiger partial charge >= 0.3 is 5.97 Å². The van der Waals surface area contributed by atoms with Crippen molar-refractivity contribution in [1.82, 2.24) is 0 Å². The Morgan fingerprint density at radius 2 is 2.09 bits per heavy atom. The molecule has 0 radical (unpaired) electrons. The number of carbonyl (C=O) groups excluding carboxylic acids is 1. The Bertz CT molecular complexity index is 654. The van der Waals surface area contributed by atoms with Crippen LogP contribution in [0.1, 0.15) is 47.6 Å². The molecule has 1 atom stereocenters. The van der Waals surface area contributed by atoms with E-state index in [-0.39, 0.29) is 12.1 Å². The maximum atomic E-state index is 11.7. The number of ether oxygens (including phenoxy) is 2. The van der Waals surface area contributed by atoms with Crippen LogP contribution in [0.25, 0.3) is 11.3 Å². The smallest absolute Gasteiger partial charge is 0.338 e. The monoisotopic (exact) mass is 300 g/mol. The molecule has 1 aliphatic carbocycles. The summed E-state index contributed by atoms with van der Waals surface area (Å²) in [5, 5.41) is 0. The van der Waals surface area contributed by atoms with Crippen molar-refractivity contribution < 1.29 is 18.7 Å². The molecule has 1 heterocycles. The van der Waals surface area contributed by atoms with Gasteiger partial charge in [0.15, 0.2) is 0 Å². The molecule has 0 saturated heterocycles. The Hall–Kier alpha value is -2.07. The third kappa shape index (κ3) is 2.79. The molecule has 0 aliphatic heterocycles. The number of carbonyl (C=O) groups is 1. The largest absolute Gasteiger partial charge is 0.462 e. The van der Waals surface area contributed by atoms with Gasteiger partial charge in [-0.25, -0.2) is 4.79 Å². The van der Waals surface area contributed by atoms with Crippen LogP contribution >= 0.6 is 0 Å². The number of methoxy groups -OCH3 is 1. The molecule has 0 saturated carbocycles. The van der Waals surface area contributed by atoms with E-state index in [9.17, 15) is 4.79 Å². The van der Waals surface area contributed by atoms with Crippen LogP contribution in [0.4, 0.5) is 0 Å². The van der Waals surface area contributed by atoms with E-state index in [0.29, 0.717) is 12.2 Å². The summed E-state index contributed by atoms with van der Waals surface area (Å²) in [5.41, 5.74) is 2.66. The van der Waals surface area contributed by atoms with Gasteiger partial charge in [0.2, 0.25) is 0 Å². The zero-order valence-corrected chi connectivity index (χ0v) is 12.9. The lowest BCUT2D eigenvalue weighted by Gasteiger charge is -2.19. The van der Waals surface area contributed by atoms with Crippen LogP contribution in [0.15, 0.2) is 34.7 Å². The quantitative estimate of drug-likeness (QED) is 0.796. The minimum atomic E-state index is -0.299.